The summed E-state index contributed by atoms with van der Waals surface area (Å²) >= 11 is 0. The molecule has 4 heteroatoms. The number of rotatable bonds is 5. The summed E-state index contributed by atoms with van der Waals surface area (Å²) in [6.07, 6.45) is 4.73. The number of nitrogens with zero attached hydrogens (tertiary/aromatic N) is 2. The number of aromatic nitrogens is 1. The third kappa shape index (κ3) is 4.37. The topological polar surface area (TPSA) is 50.3 Å². The summed E-state index contributed by atoms with van der Waals surface area (Å²) in [4.78, 5) is 31.6. The number of benzene rings is 1. The second-order valence-corrected chi connectivity index (χ2v) is 7.18. The number of hydrogen-bond donors (Lipinski definition) is 0. The monoisotopic (exact) mass is 350 g/mol. The van der Waals surface area contributed by atoms with Gasteiger partial charge in [-0.15, -0.1) is 0 Å². The lowest BCUT2D eigenvalue weighted by molar-refractivity contribution is -0.124. The van der Waals surface area contributed by atoms with Gasteiger partial charge in [-0.25, -0.2) is 0 Å². The lowest BCUT2D eigenvalue weighted by Gasteiger charge is -2.32. The summed E-state index contributed by atoms with van der Waals surface area (Å²) in [5.41, 5.74) is 3.69. The number of hydrogen-bond acceptors (Lipinski definition) is 3. The lowest BCUT2D eigenvalue weighted by Crippen LogP contribution is -2.42. The van der Waals surface area contributed by atoms with Crippen molar-refractivity contribution in [3.05, 3.63) is 65.0 Å². The molecular formula is C22H26N2O2. The molecule has 4 nitrogen and oxygen atoms in total. The zero-order valence-corrected chi connectivity index (χ0v) is 15.6. The van der Waals surface area contributed by atoms with Gasteiger partial charge in [-0.3, -0.25) is 14.6 Å². The van der Waals surface area contributed by atoms with Crippen molar-refractivity contribution >= 4 is 11.7 Å². The Labute approximate surface area is 155 Å². The SMILES string of the molecule is Cc1cc(C)c(C(=O)N2CCC[C@@H](C(=O)CCc3ccccc3)C2)cn1. The smallest absolute Gasteiger partial charge is 0.255 e. The van der Waals surface area contributed by atoms with E-state index in [1.54, 1.807) is 6.20 Å². The number of pyridine rings is 1. The van der Waals surface area contributed by atoms with Crippen LogP contribution in [0, 0.1) is 19.8 Å². The van der Waals surface area contributed by atoms with Gasteiger partial charge in [0.1, 0.15) is 5.78 Å². The van der Waals surface area contributed by atoms with Gasteiger partial charge in [0.25, 0.3) is 5.91 Å². The van der Waals surface area contributed by atoms with Crippen molar-refractivity contribution < 1.29 is 9.59 Å². The van der Waals surface area contributed by atoms with E-state index in [1.807, 2.05) is 43.0 Å². The van der Waals surface area contributed by atoms with Gasteiger partial charge in [0.2, 0.25) is 0 Å². The molecule has 1 saturated heterocycles. The third-order valence-corrected chi connectivity index (χ3v) is 5.14. The molecule has 1 fully saturated rings. The minimum absolute atomic E-state index is 0.00411. The number of amides is 1. The summed E-state index contributed by atoms with van der Waals surface area (Å²) in [5.74, 6) is 0.218. The van der Waals surface area contributed by atoms with E-state index in [9.17, 15) is 9.59 Å². The molecule has 2 heterocycles. The number of Topliss-reactive ketones (excluding diaryl/α,β-unsaturated/α-hetero) is 1. The van der Waals surface area contributed by atoms with Crippen molar-refractivity contribution in [2.75, 3.05) is 13.1 Å². The maximum atomic E-state index is 12.9. The van der Waals surface area contributed by atoms with E-state index >= 15 is 0 Å². The van der Waals surface area contributed by atoms with Gasteiger partial charge in [-0.2, -0.15) is 0 Å². The Hall–Kier alpha value is -2.49. The first-order valence-corrected chi connectivity index (χ1v) is 9.34. The predicted molar refractivity (Wildman–Crippen MR) is 102 cm³/mol. The van der Waals surface area contributed by atoms with Gasteiger partial charge in [0.05, 0.1) is 5.56 Å². The number of likely N-dealkylation sites (tertiary alicyclic amines) is 1. The Bertz CT molecular complexity index is 786. The highest BCUT2D eigenvalue weighted by molar-refractivity contribution is 5.96. The molecule has 26 heavy (non-hydrogen) atoms. The van der Waals surface area contributed by atoms with Crippen LogP contribution in [0.2, 0.25) is 0 Å². The van der Waals surface area contributed by atoms with Gasteiger partial charge in [0, 0.05) is 37.3 Å². The first-order chi connectivity index (χ1) is 12.5. The van der Waals surface area contributed by atoms with Crippen molar-refractivity contribution in [1.82, 2.24) is 9.88 Å². The first kappa shape index (κ1) is 18.3. The van der Waals surface area contributed by atoms with Crippen LogP contribution in [-0.2, 0) is 11.2 Å². The van der Waals surface area contributed by atoms with E-state index in [2.05, 4.69) is 17.1 Å². The van der Waals surface area contributed by atoms with Gasteiger partial charge in [-0.1, -0.05) is 30.3 Å². The maximum Gasteiger partial charge on any atom is 0.255 e. The van der Waals surface area contributed by atoms with Crippen LogP contribution in [0.5, 0.6) is 0 Å². The molecule has 1 atom stereocenters. The highest BCUT2D eigenvalue weighted by Crippen LogP contribution is 2.22. The fourth-order valence-corrected chi connectivity index (χ4v) is 3.63. The van der Waals surface area contributed by atoms with Crippen LogP contribution in [-0.4, -0.2) is 34.7 Å². The van der Waals surface area contributed by atoms with Gasteiger partial charge >= 0.3 is 0 Å². The van der Waals surface area contributed by atoms with Crippen LogP contribution in [0.4, 0.5) is 0 Å². The van der Waals surface area contributed by atoms with Crippen molar-refractivity contribution in [2.45, 2.75) is 39.5 Å². The average molecular weight is 350 g/mol. The Morgan fingerprint density at radius 1 is 1.19 bits per heavy atom. The van der Waals surface area contributed by atoms with E-state index < -0.39 is 0 Å². The second kappa shape index (κ2) is 8.26. The van der Waals surface area contributed by atoms with Crippen molar-refractivity contribution in [3.8, 4) is 0 Å². The molecule has 136 valence electrons. The quantitative estimate of drug-likeness (QED) is 0.825. The minimum atomic E-state index is -0.0462. The summed E-state index contributed by atoms with van der Waals surface area (Å²) in [5, 5.41) is 0. The molecule has 1 aliphatic rings. The molecule has 1 aromatic heterocycles. The van der Waals surface area contributed by atoms with Crippen molar-refractivity contribution in [2.24, 2.45) is 5.92 Å². The van der Waals surface area contributed by atoms with Crippen molar-refractivity contribution in [1.29, 1.82) is 0 Å². The van der Waals surface area contributed by atoms with Crippen molar-refractivity contribution in [3.63, 3.8) is 0 Å². The molecule has 0 aliphatic carbocycles. The molecule has 0 bridgehead atoms. The Kier molecular flexibility index (Phi) is 5.82. The van der Waals surface area contributed by atoms with Gasteiger partial charge in [-0.05, 0) is 50.3 Å². The number of ketones is 1. The van der Waals surface area contributed by atoms with E-state index in [0.29, 0.717) is 25.1 Å². The van der Waals surface area contributed by atoms with E-state index in [1.165, 1.54) is 5.56 Å². The molecule has 2 aromatic rings. The predicted octanol–water partition coefficient (Wildman–Crippen LogP) is 3.75. The lowest BCUT2D eigenvalue weighted by atomic mass is 9.90. The molecule has 0 unspecified atom stereocenters. The zero-order valence-electron chi connectivity index (χ0n) is 15.6. The molecule has 1 aromatic carbocycles. The van der Waals surface area contributed by atoms with E-state index in [4.69, 9.17) is 0 Å². The molecule has 3 rings (SSSR count). The van der Waals surface area contributed by atoms with Crippen LogP contribution in [0.25, 0.3) is 0 Å². The molecular weight excluding hydrogens is 324 g/mol. The highest BCUT2D eigenvalue weighted by Gasteiger charge is 2.29. The zero-order chi connectivity index (χ0) is 18.5. The van der Waals surface area contributed by atoms with E-state index in [-0.39, 0.29) is 17.6 Å². The van der Waals surface area contributed by atoms with Crippen LogP contribution < -0.4 is 0 Å². The summed E-state index contributed by atoms with van der Waals surface area (Å²) in [6.45, 7) is 5.10. The number of carbonyl (C=O) groups is 2. The normalized spacial score (nSPS) is 17.2. The standard InChI is InChI=1S/C22H26N2O2/c1-16-13-17(2)23-14-20(16)22(26)24-12-6-9-19(15-24)21(25)11-10-18-7-4-3-5-8-18/h3-5,7-8,13-14,19H,6,9-12,15H2,1-2H3/t19-/m1/s1. The van der Waals surface area contributed by atoms with Crippen LogP contribution >= 0.6 is 0 Å². The molecule has 1 aliphatic heterocycles. The van der Waals surface area contributed by atoms with Gasteiger partial charge in [0.15, 0.2) is 0 Å². The molecule has 0 spiro atoms. The fourth-order valence-electron chi connectivity index (χ4n) is 3.63. The largest absolute Gasteiger partial charge is 0.338 e. The Morgan fingerprint density at radius 2 is 1.96 bits per heavy atom. The highest BCUT2D eigenvalue weighted by atomic mass is 16.2. The average Bonchev–Trinajstić information content (AvgIpc) is 2.66. The minimum Gasteiger partial charge on any atom is -0.338 e. The first-order valence-electron chi connectivity index (χ1n) is 9.34. The maximum absolute atomic E-state index is 12.9. The third-order valence-electron chi connectivity index (χ3n) is 5.14. The number of piperidine rings is 1. The molecule has 1 amide bonds. The number of aryl methyl sites for hydroxylation is 3. The Balaban J connectivity index is 1.61. The van der Waals surface area contributed by atoms with Crippen LogP contribution in [0.1, 0.15) is 46.4 Å². The van der Waals surface area contributed by atoms with Gasteiger partial charge < -0.3 is 4.90 Å². The fraction of sp³-hybridized carbons (Fsp3) is 0.409. The van der Waals surface area contributed by atoms with E-state index in [0.717, 1.165) is 30.5 Å². The van der Waals surface area contributed by atoms with Crippen LogP contribution in [0.15, 0.2) is 42.6 Å². The molecule has 0 saturated carbocycles. The second-order valence-electron chi connectivity index (χ2n) is 7.18. The molecule has 0 radical (unpaired) electrons. The summed E-state index contributed by atoms with van der Waals surface area (Å²) < 4.78 is 0. The molecule has 0 N–H and O–H groups in total. The number of carbonyl (C=O) groups excluding carboxylic acids is 2. The summed E-state index contributed by atoms with van der Waals surface area (Å²) in [7, 11) is 0. The summed E-state index contributed by atoms with van der Waals surface area (Å²) in [6, 6.07) is 12.0. The van der Waals surface area contributed by atoms with Crippen LogP contribution in [0.3, 0.4) is 0 Å². The Morgan fingerprint density at radius 3 is 2.69 bits per heavy atom.